The number of hydrogen-bond acceptors (Lipinski definition) is 4. The van der Waals surface area contributed by atoms with E-state index in [1.165, 1.54) is 37.7 Å². The van der Waals surface area contributed by atoms with Gasteiger partial charge in [0, 0.05) is 5.56 Å². The maximum absolute atomic E-state index is 5.79. The Bertz CT molecular complexity index is 790. The SMILES string of the molecule is c1ccc(-c2nnc(COc3ccc(C4CCCCC4)cc3)o2)cc1. The molecule has 0 aliphatic heterocycles. The van der Waals surface area contributed by atoms with E-state index in [1.54, 1.807) is 0 Å². The van der Waals surface area contributed by atoms with E-state index in [4.69, 9.17) is 9.15 Å². The van der Waals surface area contributed by atoms with Crippen LogP contribution in [0.5, 0.6) is 5.75 Å². The molecule has 0 saturated heterocycles. The van der Waals surface area contributed by atoms with Crippen LogP contribution < -0.4 is 4.74 Å². The van der Waals surface area contributed by atoms with Gasteiger partial charge in [-0.15, -0.1) is 10.2 Å². The smallest absolute Gasteiger partial charge is 0.254 e. The van der Waals surface area contributed by atoms with Crippen LogP contribution in [-0.4, -0.2) is 10.2 Å². The molecule has 3 aromatic rings. The number of nitrogens with zero attached hydrogens (tertiary/aromatic N) is 2. The van der Waals surface area contributed by atoms with Crippen molar-refractivity contribution in [3.8, 4) is 17.2 Å². The zero-order valence-corrected chi connectivity index (χ0v) is 14.2. The molecule has 1 aliphatic carbocycles. The molecule has 4 nitrogen and oxygen atoms in total. The summed E-state index contributed by atoms with van der Waals surface area (Å²) in [4.78, 5) is 0. The lowest BCUT2D eigenvalue weighted by molar-refractivity contribution is 0.264. The van der Waals surface area contributed by atoms with Gasteiger partial charge in [-0.2, -0.15) is 0 Å². The molecule has 0 amide bonds. The molecule has 1 aromatic heterocycles. The molecule has 4 rings (SSSR count). The van der Waals surface area contributed by atoms with E-state index in [2.05, 4.69) is 22.3 Å². The van der Waals surface area contributed by atoms with Gasteiger partial charge in [0.1, 0.15) is 5.75 Å². The Morgan fingerprint density at radius 2 is 1.64 bits per heavy atom. The second-order valence-electron chi connectivity index (χ2n) is 6.56. The van der Waals surface area contributed by atoms with Crippen LogP contribution in [0.2, 0.25) is 0 Å². The van der Waals surface area contributed by atoms with Gasteiger partial charge in [0.25, 0.3) is 5.89 Å². The highest BCUT2D eigenvalue weighted by Crippen LogP contribution is 2.33. The summed E-state index contributed by atoms with van der Waals surface area (Å²) in [5.41, 5.74) is 2.34. The molecule has 25 heavy (non-hydrogen) atoms. The number of ether oxygens (including phenoxy) is 1. The topological polar surface area (TPSA) is 48.2 Å². The highest BCUT2D eigenvalue weighted by molar-refractivity contribution is 5.51. The number of hydrogen-bond donors (Lipinski definition) is 0. The molecule has 1 saturated carbocycles. The van der Waals surface area contributed by atoms with Crippen LogP contribution in [0.1, 0.15) is 49.5 Å². The van der Waals surface area contributed by atoms with Crippen LogP contribution in [0, 0.1) is 0 Å². The molecule has 1 heterocycles. The fourth-order valence-corrected chi connectivity index (χ4v) is 3.43. The third-order valence-corrected chi connectivity index (χ3v) is 4.81. The molecular weight excluding hydrogens is 312 g/mol. The third kappa shape index (κ3) is 3.90. The predicted octanol–water partition coefficient (Wildman–Crippen LogP) is 5.36. The van der Waals surface area contributed by atoms with Crippen molar-refractivity contribution >= 4 is 0 Å². The molecular formula is C21H22N2O2. The van der Waals surface area contributed by atoms with Crippen LogP contribution in [0.25, 0.3) is 11.5 Å². The Kier molecular flexibility index (Phi) is 4.77. The standard InChI is InChI=1S/C21H22N2O2/c1-3-7-16(8-4-1)17-11-13-19(14-12-17)24-15-20-22-23-21(25-20)18-9-5-2-6-10-18/h2,5-6,9-14,16H,1,3-4,7-8,15H2. The van der Waals surface area contributed by atoms with Gasteiger partial charge in [-0.05, 0) is 48.6 Å². The number of benzene rings is 2. The molecule has 4 heteroatoms. The Morgan fingerprint density at radius 1 is 0.880 bits per heavy atom. The Labute approximate surface area is 147 Å². The van der Waals surface area contributed by atoms with Crippen molar-refractivity contribution in [2.24, 2.45) is 0 Å². The fraction of sp³-hybridized carbons (Fsp3) is 0.333. The van der Waals surface area contributed by atoms with Crippen LogP contribution >= 0.6 is 0 Å². The Balaban J connectivity index is 1.36. The second-order valence-corrected chi connectivity index (χ2v) is 6.56. The first-order valence-corrected chi connectivity index (χ1v) is 8.99. The summed E-state index contributed by atoms with van der Waals surface area (Å²) in [7, 11) is 0. The molecule has 0 spiro atoms. The normalized spacial score (nSPS) is 15.2. The van der Waals surface area contributed by atoms with Crippen molar-refractivity contribution in [2.75, 3.05) is 0 Å². The lowest BCUT2D eigenvalue weighted by Gasteiger charge is -2.22. The van der Waals surface area contributed by atoms with Gasteiger partial charge in [0.05, 0.1) is 0 Å². The minimum Gasteiger partial charge on any atom is -0.484 e. The third-order valence-electron chi connectivity index (χ3n) is 4.81. The molecule has 0 atom stereocenters. The molecule has 128 valence electrons. The monoisotopic (exact) mass is 334 g/mol. The van der Waals surface area contributed by atoms with Crippen molar-refractivity contribution in [1.82, 2.24) is 10.2 Å². The minimum absolute atomic E-state index is 0.280. The Hall–Kier alpha value is -2.62. The molecule has 2 aromatic carbocycles. The average Bonchev–Trinajstić information content (AvgIpc) is 3.17. The van der Waals surface area contributed by atoms with E-state index < -0.39 is 0 Å². The maximum Gasteiger partial charge on any atom is 0.254 e. The minimum atomic E-state index is 0.280. The average molecular weight is 334 g/mol. The van der Waals surface area contributed by atoms with Gasteiger partial charge in [-0.25, -0.2) is 0 Å². The van der Waals surface area contributed by atoms with Gasteiger partial charge >= 0.3 is 0 Å². The summed E-state index contributed by atoms with van der Waals surface area (Å²) in [6.45, 7) is 0.280. The molecule has 1 aliphatic rings. The highest BCUT2D eigenvalue weighted by Gasteiger charge is 2.15. The lowest BCUT2D eigenvalue weighted by atomic mass is 9.84. The summed E-state index contributed by atoms with van der Waals surface area (Å²) in [6.07, 6.45) is 6.70. The Morgan fingerprint density at radius 3 is 2.40 bits per heavy atom. The van der Waals surface area contributed by atoms with Gasteiger partial charge in [-0.3, -0.25) is 0 Å². The van der Waals surface area contributed by atoms with Crippen LogP contribution in [-0.2, 0) is 6.61 Å². The summed E-state index contributed by atoms with van der Waals surface area (Å²) in [5.74, 6) is 2.55. The van der Waals surface area contributed by atoms with E-state index in [0.29, 0.717) is 17.7 Å². The largest absolute Gasteiger partial charge is 0.484 e. The molecule has 0 bridgehead atoms. The van der Waals surface area contributed by atoms with Crippen molar-refractivity contribution in [3.05, 3.63) is 66.1 Å². The summed E-state index contributed by atoms with van der Waals surface area (Å²) < 4.78 is 11.5. The lowest BCUT2D eigenvalue weighted by Crippen LogP contribution is -2.04. The zero-order valence-electron chi connectivity index (χ0n) is 14.2. The van der Waals surface area contributed by atoms with E-state index in [0.717, 1.165) is 11.3 Å². The maximum atomic E-state index is 5.79. The predicted molar refractivity (Wildman–Crippen MR) is 96.3 cm³/mol. The van der Waals surface area contributed by atoms with Crippen LogP contribution in [0.3, 0.4) is 0 Å². The van der Waals surface area contributed by atoms with Gasteiger partial charge in [0.2, 0.25) is 5.89 Å². The fourth-order valence-electron chi connectivity index (χ4n) is 3.43. The first-order chi connectivity index (χ1) is 12.4. The first-order valence-electron chi connectivity index (χ1n) is 8.99. The highest BCUT2D eigenvalue weighted by atomic mass is 16.5. The molecule has 0 N–H and O–H groups in total. The van der Waals surface area contributed by atoms with Crippen LogP contribution in [0.15, 0.2) is 59.0 Å². The van der Waals surface area contributed by atoms with E-state index in [1.807, 2.05) is 42.5 Å². The van der Waals surface area contributed by atoms with Crippen molar-refractivity contribution in [1.29, 1.82) is 0 Å². The molecule has 1 fully saturated rings. The number of aromatic nitrogens is 2. The van der Waals surface area contributed by atoms with E-state index in [-0.39, 0.29) is 6.61 Å². The van der Waals surface area contributed by atoms with Gasteiger partial charge < -0.3 is 9.15 Å². The second kappa shape index (κ2) is 7.51. The summed E-state index contributed by atoms with van der Waals surface area (Å²) in [5, 5.41) is 8.13. The molecule has 0 radical (unpaired) electrons. The first kappa shape index (κ1) is 15.9. The van der Waals surface area contributed by atoms with E-state index in [9.17, 15) is 0 Å². The van der Waals surface area contributed by atoms with Gasteiger partial charge in [-0.1, -0.05) is 49.6 Å². The quantitative estimate of drug-likeness (QED) is 0.630. The molecule has 0 unspecified atom stereocenters. The van der Waals surface area contributed by atoms with Crippen molar-refractivity contribution in [2.45, 2.75) is 44.6 Å². The van der Waals surface area contributed by atoms with Crippen molar-refractivity contribution < 1.29 is 9.15 Å². The van der Waals surface area contributed by atoms with Gasteiger partial charge in [0.15, 0.2) is 6.61 Å². The summed E-state index contributed by atoms with van der Waals surface area (Å²) in [6, 6.07) is 18.2. The van der Waals surface area contributed by atoms with E-state index >= 15 is 0 Å². The summed E-state index contributed by atoms with van der Waals surface area (Å²) >= 11 is 0. The zero-order chi connectivity index (χ0) is 16.9. The van der Waals surface area contributed by atoms with Crippen molar-refractivity contribution in [3.63, 3.8) is 0 Å². The van der Waals surface area contributed by atoms with Crippen LogP contribution in [0.4, 0.5) is 0 Å². The number of rotatable bonds is 5.